The molecule has 1 aromatic carbocycles. The number of nitrogens with zero attached hydrogens (tertiary/aromatic N) is 3. The summed E-state index contributed by atoms with van der Waals surface area (Å²) in [5, 5.41) is 6.84. The second-order valence-corrected chi connectivity index (χ2v) is 7.24. The molecule has 1 saturated heterocycles. The number of guanidine groups is 1. The van der Waals surface area contributed by atoms with Gasteiger partial charge < -0.3 is 15.4 Å². The third-order valence-corrected chi connectivity index (χ3v) is 5.24. The van der Waals surface area contributed by atoms with Gasteiger partial charge in [-0.05, 0) is 42.7 Å². The highest BCUT2D eigenvalue weighted by Crippen LogP contribution is 2.16. The van der Waals surface area contributed by atoms with Gasteiger partial charge in [-0.2, -0.15) is 0 Å². The van der Waals surface area contributed by atoms with Crippen molar-refractivity contribution >= 4 is 5.96 Å². The Morgan fingerprint density at radius 3 is 2.62 bits per heavy atom. The van der Waals surface area contributed by atoms with Crippen molar-refractivity contribution in [3.05, 3.63) is 65.7 Å². The standard InChI is InChI=1S/C22H30FN5O/c1-24-22(26-15-21(29-2)17-6-8-18(23)9-7-17)27-19-10-13-28(14-11-19)16-20-5-3-4-12-25-20/h3-9,12,19,21H,10-11,13-16H2,1-2H3,(H2,24,26,27). The number of likely N-dealkylation sites (tertiary alicyclic amines) is 1. The molecule has 29 heavy (non-hydrogen) atoms. The average Bonchev–Trinajstić information content (AvgIpc) is 2.76. The largest absolute Gasteiger partial charge is 0.375 e. The molecule has 2 aromatic rings. The van der Waals surface area contributed by atoms with E-state index in [-0.39, 0.29) is 11.9 Å². The summed E-state index contributed by atoms with van der Waals surface area (Å²) in [4.78, 5) is 11.2. The van der Waals surface area contributed by atoms with Crippen molar-refractivity contribution in [3.63, 3.8) is 0 Å². The molecule has 7 heteroatoms. The summed E-state index contributed by atoms with van der Waals surface area (Å²) in [5.74, 6) is 0.515. The van der Waals surface area contributed by atoms with Gasteiger partial charge >= 0.3 is 0 Å². The van der Waals surface area contributed by atoms with Gasteiger partial charge in [-0.25, -0.2) is 4.39 Å². The van der Waals surface area contributed by atoms with Crippen LogP contribution in [0.25, 0.3) is 0 Å². The summed E-state index contributed by atoms with van der Waals surface area (Å²) < 4.78 is 18.7. The summed E-state index contributed by atoms with van der Waals surface area (Å²) in [6, 6.07) is 12.8. The van der Waals surface area contributed by atoms with Crippen LogP contribution in [0.2, 0.25) is 0 Å². The third-order valence-electron chi connectivity index (χ3n) is 5.24. The minimum atomic E-state index is -0.247. The summed E-state index contributed by atoms with van der Waals surface area (Å²) in [7, 11) is 3.43. The van der Waals surface area contributed by atoms with Crippen LogP contribution >= 0.6 is 0 Å². The molecule has 2 heterocycles. The van der Waals surface area contributed by atoms with Crippen molar-refractivity contribution in [3.8, 4) is 0 Å². The number of rotatable bonds is 7. The van der Waals surface area contributed by atoms with Crippen molar-refractivity contribution in [1.29, 1.82) is 0 Å². The van der Waals surface area contributed by atoms with E-state index in [0.29, 0.717) is 12.6 Å². The van der Waals surface area contributed by atoms with Gasteiger partial charge in [-0.15, -0.1) is 0 Å². The highest BCUT2D eigenvalue weighted by molar-refractivity contribution is 5.80. The number of halogens is 1. The number of piperidine rings is 1. The van der Waals surface area contributed by atoms with Gasteiger partial charge in [0.05, 0.1) is 11.8 Å². The van der Waals surface area contributed by atoms with Gasteiger partial charge in [-0.1, -0.05) is 18.2 Å². The highest BCUT2D eigenvalue weighted by atomic mass is 19.1. The molecule has 1 aliphatic heterocycles. The first-order valence-electron chi connectivity index (χ1n) is 10.1. The zero-order valence-corrected chi connectivity index (χ0v) is 17.1. The van der Waals surface area contributed by atoms with Crippen LogP contribution in [0, 0.1) is 5.82 Å². The van der Waals surface area contributed by atoms with E-state index in [1.165, 1.54) is 12.1 Å². The van der Waals surface area contributed by atoms with Crippen LogP contribution in [0.15, 0.2) is 53.7 Å². The number of ether oxygens (including phenoxy) is 1. The smallest absolute Gasteiger partial charge is 0.191 e. The number of aromatic nitrogens is 1. The molecule has 0 radical (unpaired) electrons. The summed E-state index contributed by atoms with van der Waals surface area (Å²) in [6.45, 7) is 3.51. The monoisotopic (exact) mass is 399 g/mol. The molecule has 3 rings (SSSR count). The lowest BCUT2D eigenvalue weighted by molar-refractivity contribution is 0.106. The van der Waals surface area contributed by atoms with E-state index < -0.39 is 0 Å². The van der Waals surface area contributed by atoms with E-state index >= 15 is 0 Å². The molecule has 1 unspecified atom stereocenters. The number of hydrogen-bond acceptors (Lipinski definition) is 4. The SMILES string of the molecule is CN=C(NCC(OC)c1ccc(F)cc1)NC1CCN(Cc2ccccn2)CC1. The second kappa shape index (κ2) is 10.9. The van der Waals surface area contributed by atoms with E-state index in [2.05, 4.69) is 31.6 Å². The average molecular weight is 400 g/mol. The fourth-order valence-electron chi connectivity index (χ4n) is 3.55. The van der Waals surface area contributed by atoms with Crippen molar-refractivity contribution in [2.75, 3.05) is 33.8 Å². The van der Waals surface area contributed by atoms with E-state index in [1.807, 2.05) is 18.3 Å². The Hall–Kier alpha value is -2.51. The quantitative estimate of drug-likeness (QED) is 0.554. The Balaban J connectivity index is 1.43. The minimum absolute atomic E-state index is 0.172. The molecule has 156 valence electrons. The number of aliphatic imine (C=N–C) groups is 1. The topological polar surface area (TPSA) is 61.8 Å². The Morgan fingerprint density at radius 2 is 2.00 bits per heavy atom. The molecule has 1 aliphatic rings. The van der Waals surface area contributed by atoms with Crippen LogP contribution in [0.1, 0.15) is 30.2 Å². The van der Waals surface area contributed by atoms with Crippen molar-refractivity contribution in [2.45, 2.75) is 31.5 Å². The molecule has 1 fully saturated rings. The first kappa shape index (κ1) is 21.2. The van der Waals surface area contributed by atoms with E-state index in [4.69, 9.17) is 4.74 Å². The maximum Gasteiger partial charge on any atom is 0.191 e. The number of nitrogens with one attached hydrogen (secondary N) is 2. The van der Waals surface area contributed by atoms with Crippen LogP contribution in [0.4, 0.5) is 4.39 Å². The van der Waals surface area contributed by atoms with Gasteiger partial charge in [0.1, 0.15) is 5.82 Å². The summed E-state index contributed by atoms with van der Waals surface area (Å²) in [5.41, 5.74) is 2.04. The fraction of sp³-hybridized carbons (Fsp3) is 0.455. The number of pyridine rings is 1. The van der Waals surface area contributed by atoms with Crippen molar-refractivity contribution < 1.29 is 9.13 Å². The number of benzene rings is 1. The Labute approximate surface area is 172 Å². The van der Waals surface area contributed by atoms with Gasteiger partial charge in [0.15, 0.2) is 5.96 Å². The van der Waals surface area contributed by atoms with Crippen LogP contribution in [-0.2, 0) is 11.3 Å². The van der Waals surface area contributed by atoms with Crippen molar-refractivity contribution in [1.82, 2.24) is 20.5 Å². The highest BCUT2D eigenvalue weighted by Gasteiger charge is 2.20. The molecule has 0 bridgehead atoms. The van der Waals surface area contributed by atoms with E-state index in [1.54, 1.807) is 26.3 Å². The summed E-state index contributed by atoms with van der Waals surface area (Å²) in [6.07, 6.45) is 3.78. The van der Waals surface area contributed by atoms with Crippen LogP contribution in [-0.4, -0.2) is 55.7 Å². The number of hydrogen-bond donors (Lipinski definition) is 2. The second-order valence-electron chi connectivity index (χ2n) is 7.24. The lowest BCUT2D eigenvalue weighted by atomic mass is 10.0. The predicted octanol–water partition coefficient (Wildman–Crippen LogP) is 2.74. The van der Waals surface area contributed by atoms with Crippen LogP contribution in [0.5, 0.6) is 0 Å². The molecule has 2 N–H and O–H groups in total. The molecule has 0 aliphatic carbocycles. The summed E-state index contributed by atoms with van der Waals surface area (Å²) >= 11 is 0. The molecular weight excluding hydrogens is 369 g/mol. The minimum Gasteiger partial charge on any atom is -0.375 e. The molecule has 0 amide bonds. The molecule has 1 aromatic heterocycles. The normalized spacial score (nSPS) is 17.1. The Bertz CT molecular complexity index is 761. The molecular formula is C22H30FN5O. The van der Waals surface area contributed by atoms with E-state index in [0.717, 1.165) is 49.7 Å². The Morgan fingerprint density at radius 1 is 1.24 bits per heavy atom. The lowest BCUT2D eigenvalue weighted by Crippen LogP contribution is -2.49. The maximum absolute atomic E-state index is 13.1. The van der Waals surface area contributed by atoms with Gasteiger partial charge in [0, 0.05) is 52.6 Å². The van der Waals surface area contributed by atoms with Crippen molar-refractivity contribution in [2.24, 2.45) is 4.99 Å². The molecule has 6 nitrogen and oxygen atoms in total. The zero-order chi connectivity index (χ0) is 20.5. The lowest BCUT2D eigenvalue weighted by Gasteiger charge is -2.33. The zero-order valence-electron chi connectivity index (χ0n) is 17.1. The molecule has 0 saturated carbocycles. The molecule has 1 atom stereocenters. The van der Waals surface area contributed by atoms with Gasteiger partial charge in [-0.3, -0.25) is 14.9 Å². The number of methoxy groups -OCH3 is 1. The third kappa shape index (κ3) is 6.51. The Kier molecular flexibility index (Phi) is 7.95. The van der Waals surface area contributed by atoms with Gasteiger partial charge in [0.2, 0.25) is 0 Å². The van der Waals surface area contributed by atoms with Crippen LogP contribution < -0.4 is 10.6 Å². The first-order valence-corrected chi connectivity index (χ1v) is 10.1. The maximum atomic E-state index is 13.1. The predicted molar refractivity (Wildman–Crippen MR) is 113 cm³/mol. The van der Waals surface area contributed by atoms with E-state index in [9.17, 15) is 4.39 Å². The van der Waals surface area contributed by atoms with Gasteiger partial charge in [0.25, 0.3) is 0 Å². The fourth-order valence-corrected chi connectivity index (χ4v) is 3.55. The molecule has 0 spiro atoms. The van der Waals surface area contributed by atoms with Crippen LogP contribution in [0.3, 0.4) is 0 Å². The first-order chi connectivity index (χ1) is 14.2.